The van der Waals surface area contributed by atoms with Crippen molar-refractivity contribution >= 4 is 28.6 Å². The fourth-order valence-corrected chi connectivity index (χ4v) is 3.52. The lowest BCUT2D eigenvalue weighted by molar-refractivity contribution is 0.0955. The molecule has 4 nitrogen and oxygen atoms in total. The first kappa shape index (κ1) is 15.2. The number of carbonyl (C=O) groups is 1. The molecule has 0 aliphatic carbocycles. The Hall–Kier alpha value is -1.21. The van der Waals surface area contributed by atoms with Gasteiger partial charge in [0.15, 0.2) is 0 Å². The summed E-state index contributed by atoms with van der Waals surface area (Å²) in [4.78, 5) is 16.1. The van der Waals surface area contributed by atoms with E-state index in [-0.39, 0.29) is 5.91 Å². The molecule has 0 radical (unpaired) electrons. The largest absolute Gasteiger partial charge is 0.292 e. The van der Waals surface area contributed by atoms with Crippen molar-refractivity contribution in [1.82, 2.24) is 10.3 Å². The van der Waals surface area contributed by atoms with Gasteiger partial charge in [-0.3, -0.25) is 15.1 Å². The van der Waals surface area contributed by atoms with Crippen LogP contribution in [-0.4, -0.2) is 16.8 Å². The molecule has 108 valence electrons. The van der Waals surface area contributed by atoms with Gasteiger partial charge in [0.2, 0.25) is 0 Å². The summed E-state index contributed by atoms with van der Waals surface area (Å²) in [6, 6.07) is 6.61. The zero-order valence-corrected chi connectivity index (χ0v) is 13.3. The predicted molar refractivity (Wildman–Crippen MR) is 84.7 cm³/mol. The number of rotatable bonds is 6. The molecule has 0 spiro atoms. The number of hydrogen-bond acceptors (Lipinski definition) is 5. The highest BCUT2D eigenvalue weighted by Crippen LogP contribution is 2.22. The number of nitrogens with one attached hydrogen (secondary N) is 1. The quantitative estimate of drug-likeness (QED) is 0.490. The van der Waals surface area contributed by atoms with Gasteiger partial charge in [-0.25, -0.2) is 5.84 Å². The highest BCUT2D eigenvalue weighted by molar-refractivity contribution is 7.12. The van der Waals surface area contributed by atoms with Crippen LogP contribution in [0.15, 0.2) is 29.0 Å². The van der Waals surface area contributed by atoms with Crippen LogP contribution in [0.3, 0.4) is 0 Å². The summed E-state index contributed by atoms with van der Waals surface area (Å²) in [5, 5.41) is 4.02. The van der Waals surface area contributed by atoms with E-state index in [1.54, 1.807) is 11.3 Å². The van der Waals surface area contributed by atoms with Crippen LogP contribution in [-0.2, 0) is 13.1 Å². The Morgan fingerprint density at radius 1 is 1.30 bits per heavy atom. The van der Waals surface area contributed by atoms with Crippen molar-refractivity contribution in [3.63, 3.8) is 0 Å². The maximum absolute atomic E-state index is 11.7. The number of nitrogen functional groups attached to an aromatic ring is 1. The van der Waals surface area contributed by atoms with E-state index in [2.05, 4.69) is 41.7 Å². The van der Waals surface area contributed by atoms with Gasteiger partial charge in [-0.05, 0) is 42.3 Å². The van der Waals surface area contributed by atoms with Gasteiger partial charge >= 0.3 is 0 Å². The first-order valence-corrected chi connectivity index (χ1v) is 8.21. The van der Waals surface area contributed by atoms with Crippen molar-refractivity contribution in [2.75, 3.05) is 0 Å². The number of nitrogens with two attached hydrogens (primary N) is 1. The lowest BCUT2D eigenvalue weighted by Crippen LogP contribution is -2.32. The molecule has 0 aliphatic rings. The molecule has 2 aromatic rings. The fraction of sp³-hybridized carbons (Fsp3) is 0.357. The second-order valence-corrected chi connectivity index (χ2v) is 6.77. The summed E-state index contributed by atoms with van der Waals surface area (Å²) in [6.45, 7) is 5.99. The lowest BCUT2D eigenvalue weighted by Gasteiger charge is -2.26. The molecule has 0 aromatic carbocycles. The number of hydrazine groups is 1. The lowest BCUT2D eigenvalue weighted by atomic mass is 10.2. The van der Waals surface area contributed by atoms with Gasteiger partial charge in [-0.2, -0.15) is 0 Å². The van der Waals surface area contributed by atoms with Gasteiger partial charge in [-0.15, -0.1) is 22.7 Å². The topological polar surface area (TPSA) is 58.4 Å². The molecule has 2 heterocycles. The molecule has 0 aliphatic heterocycles. The van der Waals surface area contributed by atoms with Crippen LogP contribution in [0.2, 0.25) is 0 Å². The Labute approximate surface area is 127 Å². The first-order valence-electron chi connectivity index (χ1n) is 6.45. The third-order valence-corrected chi connectivity index (χ3v) is 4.94. The average Bonchev–Trinajstić information content (AvgIpc) is 3.08. The monoisotopic (exact) mass is 309 g/mol. The molecule has 0 saturated carbocycles. The molecule has 0 unspecified atom stereocenters. The number of amides is 1. The molecule has 0 fully saturated rings. The molecule has 6 heteroatoms. The minimum absolute atomic E-state index is 0.213. The van der Waals surface area contributed by atoms with Crippen LogP contribution in [0.5, 0.6) is 0 Å². The maximum Gasteiger partial charge on any atom is 0.275 e. The van der Waals surface area contributed by atoms with Crippen LogP contribution in [0.25, 0.3) is 0 Å². The third kappa shape index (κ3) is 3.67. The first-order chi connectivity index (χ1) is 9.61. The van der Waals surface area contributed by atoms with E-state index in [4.69, 9.17) is 5.84 Å². The normalized spacial score (nSPS) is 11.2. The molecule has 2 aromatic heterocycles. The second-order valence-electron chi connectivity index (χ2n) is 4.83. The zero-order valence-electron chi connectivity index (χ0n) is 11.6. The smallest absolute Gasteiger partial charge is 0.275 e. The van der Waals surface area contributed by atoms with Crippen LogP contribution in [0, 0.1) is 0 Å². The van der Waals surface area contributed by atoms with E-state index in [9.17, 15) is 4.79 Å². The van der Waals surface area contributed by atoms with Crippen molar-refractivity contribution < 1.29 is 4.79 Å². The second kappa shape index (κ2) is 6.99. The van der Waals surface area contributed by atoms with Crippen molar-refractivity contribution in [3.8, 4) is 0 Å². The molecule has 0 saturated heterocycles. The summed E-state index contributed by atoms with van der Waals surface area (Å²) in [5.74, 6) is 5.01. The van der Waals surface area contributed by atoms with Gasteiger partial charge in [0.1, 0.15) is 0 Å². The SMILES string of the molecule is CC(C)N(Cc1cccs1)Cc1ccsc1C(=O)NN. The highest BCUT2D eigenvalue weighted by Gasteiger charge is 2.17. The molecular weight excluding hydrogens is 290 g/mol. The predicted octanol–water partition coefficient (Wildman–Crippen LogP) is 2.82. The van der Waals surface area contributed by atoms with Gasteiger partial charge in [0.05, 0.1) is 4.88 Å². The van der Waals surface area contributed by atoms with Gasteiger partial charge in [-0.1, -0.05) is 6.07 Å². The summed E-state index contributed by atoms with van der Waals surface area (Å²) in [7, 11) is 0. The van der Waals surface area contributed by atoms with Gasteiger partial charge < -0.3 is 0 Å². The van der Waals surface area contributed by atoms with E-state index in [1.807, 2.05) is 11.4 Å². The van der Waals surface area contributed by atoms with Crippen LogP contribution in [0.4, 0.5) is 0 Å². The maximum atomic E-state index is 11.7. The van der Waals surface area contributed by atoms with E-state index in [0.29, 0.717) is 10.9 Å². The fourth-order valence-electron chi connectivity index (χ4n) is 1.97. The third-order valence-electron chi connectivity index (χ3n) is 3.13. The minimum Gasteiger partial charge on any atom is -0.292 e. The molecule has 20 heavy (non-hydrogen) atoms. The molecular formula is C14H19N3OS2. The Morgan fingerprint density at radius 3 is 2.70 bits per heavy atom. The Bertz CT molecular complexity index is 549. The van der Waals surface area contributed by atoms with Gasteiger partial charge in [0, 0.05) is 24.0 Å². The van der Waals surface area contributed by atoms with Crippen LogP contribution < -0.4 is 11.3 Å². The summed E-state index contributed by atoms with van der Waals surface area (Å²) in [6.07, 6.45) is 0. The van der Waals surface area contributed by atoms with Crippen LogP contribution in [0.1, 0.15) is 34.0 Å². The average molecular weight is 309 g/mol. The Morgan fingerprint density at radius 2 is 2.10 bits per heavy atom. The number of nitrogens with zero attached hydrogens (tertiary/aromatic N) is 1. The van der Waals surface area contributed by atoms with E-state index >= 15 is 0 Å². The standard InChI is InChI=1S/C14H19N3OS2/c1-10(2)17(9-12-4-3-6-19-12)8-11-5-7-20-13(11)14(18)16-15/h3-7,10H,8-9,15H2,1-2H3,(H,16,18). The van der Waals surface area contributed by atoms with E-state index in [0.717, 1.165) is 18.7 Å². The summed E-state index contributed by atoms with van der Waals surface area (Å²) in [5.41, 5.74) is 3.24. The Balaban J connectivity index is 2.12. The van der Waals surface area contributed by atoms with Crippen molar-refractivity contribution in [2.24, 2.45) is 5.84 Å². The van der Waals surface area contributed by atoms with Crippen molar-refractivity contribution in [2.45, 2.75) is 33.0 Å². The Kier molecular flexibility index (Phi) is 5.31. The molecule has 2 rings (SSSR count). The molecule has 0 bridgehead atoms. The van der Waals surface area contributed by atoms with Crippen molar-refractivity contribution in [1.29, 1.82) is 0 Å². The number of carbonyl (C=O) groups excluding carboxylic acids is 1. The van der Waals surface area contributed by atoms with Crippen molar-refractivity contribution in [3.05, 3.63) is 44.3 Å². The number of thiophene rings is 2. The molecule has 0 atom stereocenters. The van der Waals surface area contributed by atoms with Gasteiger partial charge in [0.25, 0.3) is 5.91 Å². The highest BCUT2D eigenvalue weighted by atomic mass is 32.1. The molecule has 1 amide bonds. The van der Waals surface area contributed by atoms with Crippen LogP contribution >= 0.6 is 22.7 Å². The molecule has 3 N–H and O–H groups in total. The van der Waals surface area contributed by atoms with E-state index in [1.165, 1.54) is 16.2 Å². The zero-order chi connectivity index (χ0) is 14.5. The summed E-state index contributed by atoms with van der Waals surface area (Å²) >= 11 is 3.19. The van der Waals surface area contributed by atoms with E-state index < -0.39 is 0 Å². The minimum atomic E-state index is -0.213. The summed E-state index contributed by atoms with van der Waals surface area (Å²) < 4.78 is 0. The number of hydrogen-bond donors (Lipinski definition) is 2.